The molecule has 2 rings (SSSR count). The molecular weight excluding hydrogens is 230 g/mol. The fourth-order valence-electron chi connectivity index (χ4n) is 1.58. The lowest BCUT2D eigenvalue weighted by Gasteiger charge is -2.10. The van der Waals surface area contributed by atoms with Gasteiger partial charge in [0.1, 0.15) is 17.9 Å². The van der Waals surface area contributed by atoms with Crippen LogP contribution in [-0.2, 0) is 6.54 Å². The zero-order valence-electron chi connectivity index (χ0n) is 10.4. The van der Waals surface area contributed by atoms with Crippen LogP contribution < -0.4 is 14.8 Å². The normalized spacial score (nSPS) is 9.89. The third-order valence-corrected chi connectivity index (χ3v) is 2.50. The molecule has 18 heavy (non-hydrogen) atoms. The average molecular weight is 245 g/mol. The summed E-state index contributed by atoms with van der Waals surface area (Å²) in [4.78, 5) is 8.06. The van der Waals surface area contributed by atoms with Crippen molar-refractivity contribution in [1.82, 2.24) is 9.97 Å². The molecule has 0 fully saturated rings. The van der Waals surface area contributed by atoms with E-state index >= 15 is 0 Å². The maximum atomic E-state index is 5.28. The Kier molecular flexibility index (Phi) is 3.96. The first kappa shape index (κ1) is 12.2. The maximum absolute atomic E-state index is 5.28. The standard InChI is InChI=1S/C13H15N3O2/c1-17-11-6-4-3-5-10(11)8-14-12-7-13(18-2)16-9-15-12/h3-7,9H,8H2,1-2H3,(H,14,15,16). The van der Waals surface area contributed by atoms with E-state index < -0.39 is 0 Å². The molecule has 1 aromatic heterocycles. The molecule has 0 aliphatic heterocycles. The summed E-state index contributed by atoms with van der Waals surface area (Å²) >= 11 is 0. The number of benzene rings is 1. The molecule has 0 aliphatic rings. The smallest absolute Gasteiger partial charge is 0.218 e. The van der Waals surface area contributed by atoms with Crippen LogP contribution in [0.15, 0.2) is 36.7 Å². The van der Waals surface area contributed by atoms with Crippen LogP contribution in [0.25, 0.3) is 0 Å². The first-order valence-corrected chi connectivity index (χ1v) is 5.55. The van der Waals surface area contributed by atoms with E-state index in [0.717, 1.165) is 11.3 Å². The summed E-state index contributed by atoms with van der Waals surface area (Å²) < 4.78 is 10.3. The fraction of sp³-hybridized carbons (Fsp3) is 0.231. The number of anilines is 1. The van der Waals surface area contributed by atoms with Crippen molar-refractivity contribution in [2.24, 2.45) is 0 Å². The molecule has 0 bridgehead atoms. The molecule has 1 aromatic carbocycles. The van der Waals surface area contributed by atoms with Gasteiger partial charge in [-0.25, -0.2) is 9.97 Å². The molecule has 1 heterocycles. The molecule has 0 saturated carbocycles. The van der Waals surface area contributed by atoms with Crippen LogP contribution in [0.5, 0.6) is 11.6 Å². The lowest BCUT2D eigenvalue weighted by atomic mass is 10.2. The average Bonchev–Trinajstić information content (AvgIpc) is 2.45. The molecule has 0 amide bonds. The second-order valence-corrected chi connectivity index (χ2v) is 3.61. The molecule has 0 saturated heterocycles. The highest BCUT2D eigenvalue weighted by Crippen LogP contribution is 2.19. The Morgan fingerprint density at radius 1 is 1.11 bits per heavy atom. The van der Waals surface area contributed by atoms with Crippen molar-refractivity contribution >= 4 is 5.82 Å². The van der Waals surface area contributed by atoms with E-state index in [-0.39, 0.29) is 0 Å². The van der Waals surface area contributed by atoms with Gasteiger partial charge in [-0.3, -0.25) is 0 Å². The first-order chi connectivity index (χ1) is 8.83. The highest BCUT2D eigenvalue weighted by atomic mass is 16.5. The minimum atomic E-state index is 0.535. The highest BCUT2D eigenvalue weighted by molar-refractivity contribution is 5.41. The number of ether oxygens (including phenoxy) is 2. The minimum absolute atomic E-state index is 0.535. The number of hydrogen-bond donors (Lipinski definition) is 1. The van der Waals surface area contributed by atoms with Gasteiger partial charge in [0.05, 0.1) is 14.2 Å². The van der Waals surface area contributed by atoms with Gasteiger partial charge < -0.3 is 14.8 Å². The molecule has 0 atom stereocenters. The zero-order valence-corrected chi connectivity index (χ0v) is 10.4. The van der Waals surface area contributed by atoms with Gasteiger partial charge in [-0.2, -0.15) is 0 Å². The third-order valence-electron chi connectivity index (χ3n) is 2.50. The molecule has 5 heteroatoms. The van der Waals surface area contributed by atoms with Gasteiger partial charge in [0.2, 0.25) is 5.88 Å². The number of nitrogens with one attached hydrogen (secondary N) is 1. The van der Waals surface area contributed by atoms with Crippen LogP contribution in [0.3, 0.4) is 0 Å². The molecular formula is C13H15N3O2. The van der Waals surface area contributed by atoms with Crippen LogP contribution in [0.2, 0.25) is 0 Å². The number of methoxy groups -OCH3 is 2. The van der Waals surface area contributed by atoms with E-state index in [2.05, 4.69) is 15.3 Å². The topological polar surface area (TPSA) is 56.3 Å². The lowest BCUT2D eigenvalue weighted by Crippen LogP contribution is -2.03. The minimum Gasteiger partial charge on any atom is -0.496 e. The summed E-state index contributed by atoms with van der Waals surface area (Å²) in [6.45, 7) is 0.629. The number of rotatable bonds is 5. The largest absolute Gasteiger partial charge is 0.496 e. The van der Waals surface area contributed by atoms with Crippen LogP contribution >= 0.6 is 0 Å². The van der Waals surface area contributed by atoms with Gasteiger partial charge in [0.15, 0.2) is 0 Å². The van der Waals surface area contributed by atoms with Crippen molar-refractivity contribution in [3.8, 4) is 11.6 Å². The van der Waals surface area contributed by atoms with Gasteiger partial charge >= 0.3 is 0 Å². The van der Waals surface area contributed by atoms with E-state index in [4.69, 9.17) is 9.47 Å². The Balaban J connectivity index is 2.06. The highest BCUT2D eigenvalue weighted by Gasteiger charge is 2.02. The lowest BCUT2D eigenvalue weighted by molar-refractivity contribution is 0.397. The van der Waals surface area contributed by atoms with Crippen LogP contribution in [0.4, 0.5) is 5.82 Å². The quantitative estimate of drug-likeness (QED) is 0.874. The summed E-state index contributed by atoms with van der Waals surface area (Å²) in [6.07, 6.45) is 1.46. The van der Waals surface area contributed by atoms with E-state index in [1.165, 1.54) is 6.33 Å². The van der Waals surface area contributed by atoms with Crippen molar-refractivity contribution in [1.29, 1.82) is 0 Å². The van der Waals surface area contributed by atoms with Crippen molar-refractivity contribution in [3.05, 3.63) is 42.2 Å². The van der Waals surface area contributed by atoms with E-state index in [0.29, 0.717) is 18.2 Å². The predicted octanol–water partition coefficient (Wildman–Crippen LogP) is 2.11. The fourth-order valence-corrected chi connectivity index (χ4v) is 1.58. The summed E-state index contributed by atoms with van der Waals surface area (Å²) in [5.74, 6) is 2.10. The Morgan fingerprint density at radius 3 is 2.72 bits per heavy atom. The van der Waals surface area contributed by atoms with Gasteiger partial charge in [-0.15, -0.1) is 0 Å². The molecule has 2 aromatic rings. The van der Waals surface area contributed by atoms with Crippen molar-refractivity contribution in [3.63, 3.8) is 0 Å². The Morgan fingerprint density at radius 2 is 1.94 bits per heavy atom. The van der Waals surface area contributed by atoms with Gasteiger partial charge in [-0.1, -0.05) is 18.2 Å². The molecule has 0 unspecified atom stereocenters. The van der Waals surface area contributed by atoms with Crippen LogP contribution in [0.1, 0.15) is 5.56 Å². The van der Waals surface area contributed by atoms with Gasteiger partial charge in [0, 0.05) is 18.2 Å². The summed E-state index contributed by atoms with van der Waals surface area (Å²) in [5.41, 5.74) is 1.07. The van der Waals surface area contributed by atoms with Crippen molar-refractivity contribution in [2.75, 3.05) is 19.5 Å². The second-order valence-electron chi connectivity index (χ2n) is 3.61. The van der Waals surface area contributed by atoms with E-state index in [1.54, 1.807) is 20.3 Å². The Bertz CT molecular complexity index is 517. The number of aromatic nitrogens is 2. The van der Waals surface area contributed by atoms with Crippen LogP contribution in [-0.4, -0.2) is 24.2 Å². The monoisotopic (exact) mass is 245 g/mol. The summed E-state index contributed by atoms with van der Waals surface area (Å²) in [6, 6.07) is 9.59. The summed E-state index contributed by atoms with van der Waals surface area (Å²) in [5, 5.41) is 3.20. The van der Waals surface area contributed by atoms with Gasteiger partial charge in [0.25, 0.3) is 0 Å². The number of para-hydroxylation sites is 1. The molecule has 0 aliphatic carbocycles. The predicted molar refractivity (Wildman–Crippen MR) is 68.9 cm³/mol. The second kappa shape index (κ2) is 5.86. The van der Waals surface area contributed by atoms with Crippen molar-refractivity contribution in [2.45, 2.75) is 6.54 Å². The Labute approximate surface area is 106 Å². The van der Waals surface area contributed by atoms with E-state index in [1.807, 2.05) is 24.3 Å². The number of hydrogen-bond acceptors (Lipinski definition) is 5. The first-order valence-electron chi connectivity index (χ1n) is 5.55. The van der Waals surface area contributed by atoms with Crippen molar-refractivity contribution < 1.29 is 9.47 Å². The third kappa shape index (κ3) is 2.88. The Hall–Kier alpha value is -2.30. The zero-order chi connectivity index (χ0) is 12.8. The summed E-state index contributed by atoms with van der Waals surface area (Å²) in [7, 11) is 3.24. The van der Waals surface area contributed by atoms with Gasteiger partial charge in [-0.05, 0) is 6.07 Å². The molecule has 0 radical (unpaired) electrons. The van der Waals surface area contributed by atoms with Crippen LogP contribution in [0, 0.1) is 0 Å². The molecule has 94 valence electrons. The van der Waals surface area contributed by atoms with E-state index in [9.17, 15) is 0 Å². The maximum Gasteiger partial charge on any atom is 0.218 e. The molecule has 5 nitrogen and oxygen atoms in total. The SMILES string of the molecule is COc1cc(NCc2ccccc2OC)ncn1. The molecule has 1 N–H and O–H groups in total. The molecule has 0 spiro atoms. The number of nitrogens with zero attached hydrogens (tertiary/aromatic N) is 2.